The number of nitrogens with zero attached hydrogens (tertiary/aromatic N) is 2. The van der Waals surface area contributed by atoms with E-state index in [9.17, 15) is 4.79 Å². The highest BCUT2D eigenvalue weighted by Crippen LogP contribution is 2.25. The molecule has 0 fully saturated rings. The Bertz CT molecular complexity index is 625. The molecule has 1 aromatic heterocycles. The van der Waals surface area contributed by atoms with Gasteiger partial charge in [0.2, 0.25) is 0 Å². The second-order valence-electron chi connectivity index (χ2n) is 4.06. The van der Waals surface area contributed by atoms with Crippen LogP contribution in [0.25, 0.3) is 0 Å². The quantitative estimate of drug-likeness (QED) is 0.798. The number of aldehydes is 1. The summed E-state index contributed by atoms with van der Waals surface area (Å²) in [5.74, 6) is 0.521. The van der Waals surface area contributed by atoms with Crippen LogP contribution >= 0.6 is 27.5 Å². The molecule has 0 bridgehead atoms. The maximum Gasteiger partial charge on any atom is 0.153 e. The third-order valence-corrected chi connectivity index (χ3v) is 3.71. The Kier molecular flexibility index (Phi) is 4.27. The maximum atomic E-state index is 11.0. The number of benzene rings is 1. The van der Waals surface area contributed by atoms with Gasteiger partial charge in [0.1, 0.15) is 12.4 Å². The van der Waals surface area contributed by atoms with Crippen molar-refractivity contribution in [3.63, 3.8) is 0 Å². The zero-order chi connectivity index (χ0) is 14.0. The molecule has 0 unspecified atom stereocenters. The predicted octanol–water partition coefficient (Wildman–Crippen LogP) is 3.54. The molecular formula is C13H12BrClN2O2. The minimum Gasteiger partial charge on any atom is -0.487 e. The fraction of sp³-hybridized carbons (Fsp3) is 0.231. The molecule has 0 amide bonds. The molecule has 1 heterocycles. The van der Waals surface area contributed by atoms with E-state index in [0.29, 0.717) is 16.3 Å². The SMILES string of the molecule is Cc1nn(C)c(COc2ccc(Br)cc2C=O)c1Cl. The van der Waals surface area contributed by atoms with Gasteiger partial charge in [0.15, 0.2) is 6.29 Å². The van der Waals surface area contributed by atoms with Crippen LogP contribution in [0.3, 0.4) is 0 Å². The highest BCUT2D eigenvalue weighted by molar-refractivity contribution is 9.10. The Balaban J connectivity index is 2.21. The van der Waals surface area contributed by atoms with Crippen molar-refractivity contribution in [2.24, 2.45) is 7.05 Å². The van der Waals surface area contributed by atoms with Crippen molar-refractivity contribution >= 4 is 33.8 Å². The number of ether oxygens (including phenoxy) is 1. The smallest absolute Gasteiger partial charge is 0.153 e. The first kappa shape index (κ1) is 14.1. The van der Waals surface area contributed by atoms with Crippen LogP contribution in [0.15, 0.2) is 22.7 Å². The lowest BCUT2D eigenvalue weighted by Crippen LogP contribution is -2.04. The molecule has 0 aliphatic heterocycles. The third-order valence-electron chi connectivity index (χ3n) is 2.72. The topological polar surface area (TPSA) is 44.1 Å². The zero-order valence-electron chi connectivity index (χ0n) is 10.5. The Morgan fingerprint density at radius 1 is 1.53 bits per heavy atom. The van der Waals surface area contributed by atoms with E-state index in [1.807, 2.05) is 13.0 Å². The molecule has 0 aliphatic carbocycles. The van der Waals surface area contributed by atoms with Gasteiger partial charge in [-0.1, -0.05) is 27.5 Å². The van der Waals surface area contributed by atoms with Gasteiger partial charge in [-0.25, -0.2) is 0 Å². The molecule has 0 radical (unpaired) electrons. The molecule has 4 nitrogen and oxygen atoms in total. The molecule has 6 heteroatoms. The number of halogens is 2. The first-order valence-electron chi connectivity index (χ1n) is 5.58. The lowest BCUT2D eigenvalue weighted by atomic mass is 10.2. The summed E-state index contributed by atoms with van der Waals surface area (Å²) in [5.41, 5.74) is 2.03. The lowest BCUT2D eigenvalue weighted by molar-refractivity contribution is 0.111. The van der Waals surface area contributed by atoms with E-state index in [2.05, 4.69) is 21.0 Å². The molecule has 0 N–H and O–H groups in total. The highest BCUT2D eigenvalue weighted by Gasteiger charge is 2.12. The largest absolute Gasteiger partial charge is 0.487 e. The number of hydrogen-bond donors (Lipinski definition) is 0. The number of aryl methyl sites for hydroxylation is 2. The Labute approximate surface area is 124 Å². The molecule has 0 spiro atoms. The van der Waals surface area contributed by atoms with Crippen LogP contribution in [-0.4, -0.2) is 16.1 Å². The Hall–Kier alpha value is -1.33. The fourth-order valence-electron chi connectivity index (χ4n) is 1.73. The van der Waals surface area contributed by atoms with Crippen LogP contribution in [0.2, 0.25) is 5.02 Å². The Morgan fingerprint density at radius 3 is 2.84 bits per heavy atom. The van der Waals surface area contributed by atoms with Crippen LogP contribution in [0.5, 0.6) is 5.75 Å². The van der Waals surface area contributed by atoms with Crippen LogP contribution in [0.1, 0.15) is 21.7 Å². The van der Waals surface area contributed by atoms with Crippen molar-refractivity contribution in [1.29, 1.82) is 0 Å². The van der Waals surface area contributed by atoms with Gasteiger partial charge < -0.3 is 4.74 Å². The van der Waals surface area contributed by atoms with E-state index in [-0.39, 0.29) is 6.61 Å². The van der Waals surface area contributed by atoms with E-state index in [4.69, 9.17) is 16.3 Å². The molecule has 0 atom stereocenters. The normalized spacial score (nSPS) is 10.5. The highest BCUT2D eigenvalue weighted by atomic mass is 79.9. The van der Waals surface area contributed by atoms with Gasteiger partial charge >= 0.3 is 0 Å². The number of rotatable bonds is 4. The van der Waals surface area contributed by atoms with Crippen LogP contribution in [0, 0.1) is 6.92 Å². The van der Waals surface area contributed by atoms with Crippen molar-refractivity contribution in [3.8, 4) is 5.75 Å². The predicted molar refractivity (Wildman–Crippen MR) is 76.8 cm³/mol. The third kappa shape index (κ3) is 2.98. The molecule has 1 aromatic carbocycles. The van der Waals surface area contributed by atoms with Gasteiger partial charge in [-0.2, -0.15) is 5.10 Å². The first-order chi connectivity index (χ1) is 9.02. The number of hydrogen-bond acceptors (Lipinski definition) is 3. The van der Waals surface area contributed by atoms with E-state index in [1.54, 1.807) is 23.9 Å². The monoisotopic (exact) mass is 342 g/mol. The van der Waals surface area contributed by atoms with Gasteiger partial charge in [0.05, 0.1) is 22.0 Å². The second-order valence-corrected chi connectivity index (χ2v) is 5.35. The van der Waals surface area contributed by atoms with Gasteiger partial charge in [0, 0.05) is 11.5 Å². The summed E-state index contributed by atoms with van der Waals surface area (Å²) in [7, 11) is 1.81. The Morgan fingerprint density at radius 2 is 2.26 bits per heavy atom. The summed E-state index contributed by atoms with van der Waals surface area (Å²) in [6, 6.07) is 5.27. The molecular weight excluding hydrogens is 332 g/mol. The molecule has 2 rings (SSSR count). The fourth-order valence-corrected chi connectivity index (χ4v) is 2.32. The second kappa shape index (κ2) is 5.75. The summed E-state index contributed by atoms with van der Waals surface area (Å²) in [5, 5.41) is 4.80. The molecule has 2 aromatic rings. The van der Waals surface area contributed by atoms with Crippen LogP contribution < -0.4 is 4.74 Å². The van der Waals surface area contributed by atoms with Gasteiger partial charge in [-0.05, 0) is 25.1 Å². The first-order valence-corrected chi connectivity index (χ1v) is 6.75. The van der Waals surface area contributed by atoms with Crippen molar-refractivity contribution in [2.75, 3.05) is 0 Å². The summed E-state index contributed by atoms with van der Waals surface area (Å²) in [4.78, 5) is 11.0. The van der Waals surface area contributed by atoms with Crippen LogP contribution in [-0.2, 0) is 13.7 Å². The maximum absolute atomic E-state index is 11.0. The molecule has 19 heavy (non-hydrogen) atoms. The van der Waals surface area contributed by atoms with Gasteiger partial charge in [0.25, 0.3) is 0 Å². The van der Waals surface area contributed by atoms with Crippen LogP contribution in [0.4, 0.5) is 0 Å². The minimum atomic E-state index is 0.263. The van der Waals surface area contributed by atoms with Crippen molar-refractivity contribution in [1.82, 2.24) is 9.78 Å². The van der Waals surface area contributed by atoms with E-state index >= 15 is 0 Å². The average Bonchev–Trinajstić information content (AvgIpc) is 2.62. The molecule has 0 aliphatic rings. The van der Waals surface area contributed by atoms with E-state index in [1.165, 1.54) is 0 Å². The number of carbonyl (C=O) groups excluding carboxylic acids is 1. The molecule has 0 saturated carbocycles. The van der Waals surface area contributed by atoms with E-state index in [0.717, 1.165) is 22.1 Å². The minimum absolute atomic E-state index is 0.263. The van der Waals surface area contributed by atoms with Gasteiger partial charge in [-0.3, -0.25) is 9.48 Å². The summed E-state index contributed by atoms with van der Waals surface area (Å²) < 4.78 is 8.15. The zero-order valence-corrected chi connectivity index (χ0v) is 12.8. The molecule has 100 valence electrons. The number of aromatic nitrogens is 2. The number of carbonyl (C=O) groups is 1. The van der Waals surface area contributed by atoms with Gasteiger partial charge in [-0.15, -0.1) is 0 Å². The summed E-state index contributed by atoms with van der Waals surface area (Å²) >= 11 is 9.45. The summed E-state index contributed by atoms with van der Waals surface area (Å²) in [6.07, 6.45) is 0.760. The standard InChI is InChI=1S/C13H12BrClN2O2/c1-8-13(15)11(17(2)16-8)7-19-12-4-3-10(14)5-9(12)6-18/h3-6H,7H2,1-2H3. The van der Waals surface area contributed by atoms with E-state index < -0.39 is 0 Å². The lowest BCUT2D eigenvalue weighted by Gasteiger charge is -2.09. The molecule has 0 saturated heterocycles. The summed E-state index contributed by atoms with van der Waals surface area (Å²) in [6.45, 7) is 2.10. The average molecular weight is 344 g/mol. The van der Waals surface area contributed by atoms with Crippen molar-refractivity contribution in [3.05, 3.63) is 44.6 Å². The van der Waals surface area contributed by atoms with Crippen molar-refractivity contribution in [2.45, 2.75) is 13.5 Å². The van der Waals surface area contributed by atoms with Crippen molar-refractivity contribution < 1.29 is 9.53 Å².